The van der Waals surface area contributed by atoms with Gasteiger partial charge in [-0.2, -0.15) is 0 Å². The van der Waals surface area contributed by atoms with Gasteiger partial charge >= 0.3 is 0 Å². The van der Waals surface area contributed by atoms with E-state index in [2.05, 4.69) is 12.2 Å². The van der Waals surface area contributed by atoms with E-state index >= 15 is 0 Å². The number of aliphatic hydroxyl groups is 1. The van der Waals surface area contributed by atoms with Crippen LogP contribution in [0.1, 0.15) is 37.8 Å². The fourth-order valence-corrected chi connectivity index (χ4v) is 2.38. The molecule has 1 aromatic carbocycles. The largest absolute Gasteiger partial charge is 0.497 e. The lowest BCUT2D eigenvalue weighted by atomic mass is 10.0. The summed E-state index contributed by atoms with van der Waals surface area (Å²) < 4.78 is 5.22. The zero-order valence-corrected chi connectivity index (χ0v) is 11.2. The molecule has 2 atom stereocenters. The highest BCUT2D eigenvalue weighted by Crippen LogP contribution is 2.33. The summed E-state index contributed by atoms with van der Waals surface area (Å²) in [6, 6.07) is 8.34. The number of methoxy groups -OCH3 is 1. The molecule has 3 nitrogen and oxygen atoms in total. The van der Waals surface area contributed by atoms with Gasteiger partial charge in [0.1, 0.15) is 5.75 Å². The molecule has 2 N–H and O–H groups in total. The molecule has 1 aliphatic carbocycles. The maximum absolute atomic E-state index is 9.54. The van der Waals surface area contributed by atoms with Crippen LogP contribution in [0.5, 0.6) is 5.75 Å². The average Bonchev–Trinajstić information content (AvgIpc) is 3.20. The van der Waals surface area contributed by atoms with E-state index < -0.39 is 0 Å². The molecule has 0 spiro atoms. The molecule has 0 heterocycles. The molecule has 3 heteroatoms. The predicted octanol–water partition coefficient (Wildman–Crippen LogP) is 2.51. The summed E-state index contributed by atoms with van der Waals surface area (Å²) in [5.74, 6) is 1.74. The average molecular weight is 249 g/mol. The highest BCUT2D eigenvalue weighted by Gasteiger charge is 2.24. The van der Waals surface area contributed by atoms with Crippen molar-refractivity contribution in [1.82, 2.24) is 5.32 Å². The Morgan fingerprint density at radius 3 is 2.83 bits per heavy atom. The standard InChI is InChI=1S/C15H23NO2/c1-11(8-12-6-7-12)16-15(10-17)13-4-3-5-14(9-13)18-2/h3-5,9,11-12,15-17H,6-8,10H2,1-2H3. The van der Waals surface area contributed by atoms with E-state index in [0.29, 0.717) is 6.04 Å². The van der Waals surface area contributed by atoms with Gasteiger partial charge in [-0.3, -0.25) is 0 Å². The van der Waals surface area contributed by atoms with Crippen molar-refractivity contribution in [3.05, 3.63) is 29.8 Å². The van der Waals surface area contributed by atoms with E-state index in [1.165, 1.54) is 19.3 Å². The van der Waals surface area contributed by atoms with Crippen LogP contribution in [0.2, 0.25) is 0 Å². The maximum atomic E-state index is 9.54. The molecule has 2 rings (SSSR count). The topological polar surface area (TPSA) is 41.5 Å². The van der Waals surface area contributed by atoms with Gasteiger partial charge in [0.15, 0.2) is 0 Å². The van der Waals surface area contributed by atoms with Gasteiger partial charge in [0, 0.05) is 6.04 Å². The van der Waals surface area contributed by atoms with E-state index in [1.54, 1.807) is 7.11 Å². The number of ether oxygens (including phenoxy) is 1. The van der Waals surface area contributed by atoms with Crippen molar-refractivity contribution in [3.63, 3.8) is 0 Å². The lowest BCUT2D eigenvalue weighted by Crippen LogP contribution is -2.33. The number of hydrogen-bond acceptors (Lipinski definition) is 3. The zero-order valence-electron chi connectivity index (χ0n) is 11.2. The molecule has 1 fully saturated rings. The van der Waals surface area contributed by atoms with Gasteiger partial charge in [-0.1, -0.05) is 25.0 Å². The van der Waals surface area contributed by atoms with Crippen molar-refractivity contribution < 1.29 is 9.84 Å². The third-order valence-electron chi connectivity index (χ3n) is 3.55. The summed E-state index contributed by atoms with van der Waals surface area (Å²) >= 11 is 0. The summed E-state index contributed by atoms with van der Waals surface area (Å²) in [7, 11) is 1.66. The minimum atomic E-state index is -0.00569. The Kier molecular flexibility index (Phi) is 4.61. The molecule has 0 aromatic heterocycles. The predicted molar refractivity (Wildman–Crippen MR) is 72.8 cm³/mol. The van der Waals surface area contributed by atoms with Gasteiger partial charge in [0.25, 0.3) is 0 Å². The second-order valence-corrected chi connectivity index (χ2v) is 5.26. The van der Waals surface area contributed by atoms with Crippen LogP contribution in [-0.4, -0.2) is 24.9 Å². The van der Waals surface area contributed by atoms with Gasteiger partial charge in [-0.05, 0) is 37.0 Å². The van der Waals surface area contributed by atoms with Crippen molar-refractivity contribution in [1.29, 1.82) is 0 Å². The van der Waals surface area contributed by atoms with Crippen LogP contribution in [0, 0.1) is 5.92 Å². The second-order valence-electron chi connectivity index (χ2n) is 5.26. The Hall–Kier alpha value is -1.06. The molecular formula is C15H23NO2. The molecule has 0 aliphatic heterocycles. The Bertz CT molecular complexity index is 377. The van der Waals surface area contributed by atoms with Gasteiger partial charge in [0.05, 0.1) is 19.8 Å². The van der Waals surface area contributed by atoms with E-state index in [0.717, 1.165) is 17.2 Å². The fraction of sp³-hybridized carbons (Fsp3) is 0.600. The Balaban J connectivity index is 1.97. The summed E-state index contributed by atoms with van der Waals surface area (Å²) in [5, 5.41) is 13.0. The minimum Gasteiger partial charge on any atom is -0.497 e. The molecule has 100 valence electrons. The third-order valence-corrected chi connectivity index (χ3v) is 3.55. The van der Waals surface area contributed by atoms with E-state index in [-0.39, 0.29) is 12.6 Å². The minimum absolute atomic E-state index is 0.00569. The molecule has 0 amide bonds. The lowest BCUT2D eigenvalue weighted by molar-refractivity contribution is 0.231. The van der Waals surface area contributed by atoms with Crippen LogP contribution in [0.25, 0.3) is 0 Å². The van der Waals surface area contributed by atoms with Gasteiger partial charge in [-0.15, -0.1) is 0 Å². The highest BCUT2D eigenvalue weighted by atomic mass is 16.5. The highest BCUT2D eigenvalue weighted by molar-refractivity contribution is 5.30. The summed E-state index contributed by atoms with van der Waals surface area (Å²) in [6.07, 6.45) is 3.95. The number of aliphatic hydroxyl groups excluding tert-OH is 1. The fourth-order valence-electron chi connectivity index (χ4n) is 2.38. The molecular weight excluding hydrogens is 226 g/mol. The molecule has 1 aromatic rings. The third kappa shape index (κ3) is 3.72. The van der Waals surface area contributed by atoms with E-state index in [1.807, 2.05) is 24.3 Å². The summed E-state index contributed by atoms with van der Waals surface area (Å²) in [6.45, 7) is 2.31. The quantitative estimate of drug-likeness (QED) is 0.780. The molecule has 18 heavy (non-hydrogen) atoms. The summed E-state index contributed by atoms with van der Waals surface area (Å²) in [5.41, 5.74) is 1.08. The molecule has 0 bridgehead atoms. The molecule has 0 saturated heterocycles. The van der Waals surface area contributed by atoms with Crippen molar-refractivity contribution in [2.75, 3.05) is 13.7 Å². The van der Waals surface area contributed by atoms with Crippen LogP contribution >= 0.6 is 0 Å². The maximum Gasteiger partial charge on any atom is 0.119 e. The van der Waals surface area contributed by atoms with Crippen LogP contribution in [-0.2, 0) is 0 Å². The molecule has 0 radical (unpaired) electrons. The first kappa shape index (κ1) is 13.4. The number of hydrogen-bond donors (Lipinski definition) is 2. The van der Waals surface area contributed by atoms with E-state index in [4.69, 9.17) is 4.74 Å². The van der Waals surface area contributed by atoms with Crippen molar-refractivity contribution in [2.24, 2.45) is 5.92 Å². The van der Waals surface area contributed by atoms with Crippen LogP contribution in [0.15, 0.2) is 24.3 Å². The number of benzene rings is 1. The smallest absolute Gasteiger partial charge is 0.119 e. The van der Waals surface area contributed by atoms with Gasteiger partial charge in [-0.25, -0.2) is 0 Å². The van der Waals surface area contributed by atoms with Crippen molar-refractivity contribution in [2.45, 2.75) is 38.3 Å². The Labute approximate surface area is 109 Å². The first-order valence-corrected chi connectivity index (χ1v) is 6.73. The van der Waals surface area contributed by atoms with Crippen LogP contribution < -0.4 is 10.1 Å². The zero-order chi connectivity index (χ0) is 13.0. The van der Waals surface area contributed by atoms with Gasteiger partial charge in [0.2, 0.25) is 0 Å². The normalized spacial score (nSPS) is 18.4. The van der Waals surface area contributed by atoms with Crippen molar-refractivity contribution in [3.8, 4) is 5.75 Å². The Morgan fingerprint density at radius 2 is 2.22 bits per heavy atom. The number of nitrogens with one attached hydrogen (secondary N) is 1. The SMILES string of the molecule is COc1cccc(C(CO)NC(C)CC2CC2)c1. The second kappa shape index (κ2) is 6.21. The number of rotatable bonds is 7. The monoisotopic (exact) mass is 249 g/mol. The van der Waals surface area contributed by atoms with Gasteiger partial charge < -0.3 is 15.2 Å². The molecule has 1 aliphatic rings. The van der Waals surface area contributed by atoms with Crippen LogP contribution in [0.3, 0.4) is 0 Å². The summed E-state index contributed by atoms with van der Waals surface area (Å²) in [4.78, 5) is 0. The van der Waals surface area contributed by atoms with E-state index in [9.17, 15) is 5.11 Å². The van der Waals surface area contributed by atoms with Crippen LogP contribution in [0.4, 0.5) is 0 Å². The van der Waals surface area contributed by atoms with Crippen molar-refractivity contribution >= 4 is 0 Å². The first-order chi connectivity index (χ1) is 8.72. The Morgan fingerprint density at radius 1 is 1.44 bits per heavy atom. The lowest BCUT2D eigenvalue weighted by Gasteiger charge is -2.22. The molecule has 2 unspecified atom stereocenters. The molecule has 1 saturated carbocycles. The first-order valence-electron chi connectivity index (χ1n) is 6.73.